The minimum atomic E-state index is 0.203. The van der Waals surface area contributed by atoms with E-state index in [-0.39, 0.29) is 11.9 Å². The van der Waals surface area contributed by atoms with E-state index in [0.717, 1.165) is 5.92 Å². The molecule has 0 bridgehead atoms. The van der Waals surface area contributed by atoms with E-state index in [0.29, 0.717) is 25.0 Å². The fourth-order valence-corrected chi connectivity index (χ4v) is 3.53. The summed E-state index contributed by atoms with van der Waals surface area (Å²) >= 11 is 0. The maximum Gasteiger partial charge on any atom is 0.237 e. The maximum atomic E-state index is 12.7. The summed E-state index contributed by atoms with van der Waals surface area (Å²) in [6.45, 7) is 9.97. The molecule has 1 aromatic carbocycles. The molecule has 0 heterocycles. The normalized spacial score (nSPS) is 24.7. The van der Waals surface area contributed by atoms with Crippen LogP contribution in [-0.4, -0.2) is 29.4 Å². The van der Waals surface area contributed by atoms with Crippen molar-refractivity contribution < 1.29 is 4.79 Å². The molecule has 0 saturated heterocycles. The highest BCUT2D eigenvalue weighted by Gasteiger charge is 2.27. The first-order chi connectivity index (χ1) is 11.0. The minimum Gasteiger partial charge on any atom is -0.335 e. The summed E-state index contributed by atoms with van der Waals surface area (Å²) in [7, 11) is 0. The van der Waals surface area contributed by atoms with E-state index in [1.807, 2.05) is 23.1 Å². The van der Waals surface area contributed by atoms with Crippen LogP contribution in [0.15, 0.2) is 30.3 Å². The van der Waals surface area contributed by atoms with Gasteiger partial charge in [-0.1, -0.05) is 57.0 Å². The van der Waals surface area contributed by atoms with E-state index in [2.05, 4.69) is 45.1 Å². The van der Waals surface area contributed by atoms with Crippen molar-refractivity contribution in [3.05, 3.63) is 35.9 Å². The fraction of sp³-hybridized carbons (Fsp3) is 0.650. The van der Waals surface area contributed by atoms with Crippen LogP contribution >= 0.6 is 0 Å². The van der Waals surface area contributed by atoms with Gasteiger partial charge in [-0.05, 0) is 37.7 Å². The molecule has 1 aliphatic carbocycles. The molecule has 3 atom stereocenters. The molecule has 0 unspecified atom stereocenters. The van der Waals surface area contributed by atoms with E-state index >= 15 is 0 Å². The molecule has 3 heteroatoms. The largest absolute Gasteiger partial charge is 0.335 e. The Morgan fingerprint density at radius 2 is 1.91 bits per heavy atom. The molecule has 0 aromatic heterocycles. The van der Waals surface area contributed by atoms with Crippen LogP contribution in [0.5, 0.6) is 0 Å². The van der Waals surface area contributed by atoms with Gasteiger partial charge in [-0.15, -0.1) is 0 Å². The molecule has 128 valence electrons. The third-order valence-corrected chi connectivity index (χ3v) is 5.36. The number of amides is 1. The zero-order chi connectivity index (χ0) is 16.8. The average molecular weight is 316 g/mol. The highest BCUT2D eigenvalue weighted by Crippen LogP contribution is 2.29. The molecule has 23 heavy (non-hydrogen) atoms. The summed E-state index contributed by atoms with van der Waals surface area (Å²) < 4.78 is 0. The highest BCUT2D eigenvalue weighted by molar-refractivity contribution is 5.78. The third kappa shape index (κ3) is 5.07. The van der Waals surface area contributed by atoms with Gasteiger partial charge in [0.05, 0.1) is 6.54 Å². The van der Waals surface area contributed by atoms with Gasteiger partial charge in [0.25, 0.3) is 0 Å². The molecule has 0 spiro atoms. The zero-order valence-corrected chi connectivity index (χ0v) is 15.1. The van der Waals surface area contributed by atoms with Crippen LogP contribution in [0.1, 0.15) is 52.5 Å². The topological polar surface area (TPSA) is 32.3 Å². The second-order valence-corrected chi connectivity index (χ2v) is 7.36. The maximum absolute atomic E-state index is 12.7. The molecule has 1 N–H and O–H groups in total. The van der Waals surface area contributed by atoms with Crippen molar-refractivity contribution in [2.75, 3.05) is 6.54 Å². The third-order valence-electron chi connectivity index (χ3n) is 5.36. The van der Waals surface area contributed by atoms with E-state index in [1.165, 1.54) is 24.8 Å². The SMILES string of the molecule is CC(C)N(Cc1ccccc1)C(=O)CN[C@H]1CCC[C@H](C)[C@@H]1C. The molecule has 1 saturated carbocycles. The molecule has 2 rings (SSSR count). The summed E-state index contributed by atoms with van der Waals surface area (Å²) in [5, 5.41) is 3.53. The zero-order valence-electron chi connectivity index (χ0n) is 15.1. The van der Waals surface area contributed by atoms with Gasteiger partial charge in [0.2, 0.25) is 5.91 Å². The average Bonchev–Trinajstić information content (AvgIpc) is 2.54. The number of hydrogen-bond donors (Lipinski definition) is 1. The molecular formula is C20H32N2O. The lowest BCUT2D eigenvalue weighted by molar-refractivity contribution is -0.132. The Kier molecular flexibility index (Phi) is 6.64. The molecule has 1 fully saturated rings. The fourth-order valence-electron chi connectivity index (χ4n) is 3.53. The first-order valence-corrected chi connectivity index (χ1v) is 9.05. The van der Waals surface area contributed by atoms with Crippen LogP contribution in [0, 0.1) is 11.8 Å². The summed E-state index contributed by atoms with van der Waals surface area (Å²) in [6, 6.07) is 10.9. The van der Waals surface area contributed by atoms with Gasteiger partial charge in [0, 0.05) is 18.6 Å². The molecule has 1 aromatic rings. The Balaban J connectivity index is 1.91. The second kappa shape index (κ2) is 8.49. The van der Waals surface area contributed by atoms with Gasteiger partial charge in [0.15, 0.2) is 0 Å². The first-order valence-electron chi connectivity index (χ1n) is 9.05. The summed E-state index contributed by atoms with van der Waals surface area (Å²) in [5.41, 5.74) is 1.19. The van der Waals surface area contributed by atoms with Crippen molar-refractivity contribution in [2.45, 2.75) is 65.6 Å². The quantitative estimate of drug-likeness (QED) is 0.865. The monoisotopic (exact) mass is 316 g/mol. The molecule has 3 nitrogen and oxygen atoms in total. The predicted octanol–water partition coefficient (Wildman–Crippen LogP) is 3.84. The van der Waals surface area contributed by atoms with Gasteiger partial charge in [-0.25, -0.2) is 0 Å². The van der Waals surface area contributed by atoms with Crippen molar-refractivity contribution in [3.63, 3.8) is 0 Å². The van der Waals surface area contributed by atoms with Gasteiger partial charge < -0.3 is 10.2 Å². The van der Waals surface area contributed by atoms with Crippen LogP contribution in [0.3, 0.4) is 0 Å². The van der Waals surface area contributed by atoms with Crippen LogP contribution in [-0.2, 0) is 11.3 Å². The summed E-state index contributed by atoms with van der Waals surface area (Å²) in [6.07, 6.45) is 3.79. The number of carbonyl (C=O) groups excluding carboxylic acids is 1. The van der Waals surface area contributed by atoms with E-state index < -0.39 is 0 Å². The van der Waals surface area contributed by atoms with Gasteiger partial charge >= 0.3 is 0 Å². The Hall–Kier alpha value is -1.35. The van der Waals surface area contributed by atoms with E-state index in [4.69, 9.17) is 0 Å². The lowest BCUT2D eigenvalue weighted by atomic mass is 9.78. The van der Waals surface area contributed by atoms with E-state index in [1.54, 1.807) is 0 Å². The van der Waals surface area contributed by atoms with Crippen molar-refractivity contribution in [2.24, 2.45) is 11.8 Å². The predicted molar refractivity (Wildman–Crippen MR) is 96.1 cm³/mol. The molecule has 1 amide bonds. The van der Waals surface area contributed by atoms with Crippen LogP contribution < -0.4 is 5.32 Å². The second-order valence-electron chi connectivity index (χ2n) is 7.36. The van der Waals surface area contributed by atoms with Crippen molar-refractivity contribution >= 4 is 5.91 Å². The van der Waals surface area contributed by atoms with Gasteiger partial charge in [-0.3, -0.25) is 4.79 Å². The lowest BCUT2D eigenvalue weighted by Crippen LogP contribution is -2.47. The molecular weight excluding hydrogens is 284 g/mol. The molecule has 0 radical (unpaired) electrons. The Morgan fingerprint density at radius 3 is 2.57 bits per heavy atom. The number of nitrogens with zero attached hydrogens (tertiary/aromatic N) is 1. The molecule has 1 aliphatic rings. The number of nitrogens with one attached hydrogen (secondary N) is 1. The first kappa shape index (κ1) is 18.0. The number of carbonyl (C=O) groups is 1. The van der Waals surface area contributed by atoms with E-state index in [9.17, 15) is 4.79 Å². The van der Waals surface area contributed by atoms with Crippen molar-refractivity contribution in [3.8, 4) is 0 Å². The summed E-state index contributed by atoms with van der Waals surface area (Å²) in [4.78, 5) is 14.7. The van der Waals surface area contributed by atoms with Crippen molar-refractivity contribution in [1.29, 1.82) is 0 Å². The smallest absolute Gasteiger partial charge is 0.237 e. The van der Waals surface area contributed by atoms with Crippen LogP contribution in [0.2, 0.25) is 0 Å². The Bertz CT molecular complexity index is 486. The van der Waals surface area contributed by atoms with Crippen LogP contribution in [0.4, 0.5) is 0 Å². The Morgan fingerprint density at radius 1 is 1.22 bits per heavy atom. The Labute approximate surface area is 141 Å². The van der Waals surface area contributed by atoms with Gasteiger partial charge in [0.1, 0.15) is 0 Å². The number of rotatable bonds is 6. The lowest BCUT2D eigenvalue weighted by Gasteiger charge is -2.35. The van der Waals surface area contributed by atoms with Crippen molar-refractivity contribution in [1.82, 2.24) is 10.2 Å². The standard InChI is InChI=1S/C20H32N2O/c1-15(2)22(14-18-10-6-5-7-11-18)20(23)13-21-19-12-8-9-16(3)17(19)4/h5-7,10-11,15-17,19,21H,8-9,12-14H2,1-4H3/t16-,17-,19-/m0/s1. The minimum absolute atomic E-state index is 0.203. The number of benzene rings is 1. The molecule has 0 aliphatic heterocycles. The van der Waals surface area contributed by atoms with Crippen LogP contribution in [0.25, 0.3) is 0 Å². The summed E-state index contributed by atoms with van der Waals surface area (Å²) in [5.74, 6) is 1.61. The number of hydrogen-bond acceptors (Lipinski definition) is 2. The van der Waals surface area contributed by atoms with Gasteiger partial charge in [-0.2, -0.15) is 0 Å². The highest BCUT2D eigenvalue weighted by atomic mass is 16.2.